The summed E-state index contributed by atoms with van der Waals surface area (Å²) in [4.78, 5) is 8.59. The van der Waals surface area contributed by atoms with Crippen LogP contribution in [0.15, 0.2) is 23.0 Å². The molecule has 1 fully saturated rings. The number of aromatic nitrogens is 3. The zero-order valence-electron chi connectivity index (χ0n) is 11.7. The van der Waals surface area contributed by atoms with Crippen LogP contribution in [0.4, 0.5) is 0 Å². The summed E-state index contributed by atoms with van der Waals surface area (Å²) in [6, 6.07) is 2.18. The van der Waals surface area contributed by atoms with Crippen molar-refractivity contribution in [2.75, 3.05) is 0 Å². The molecule has 0 radical (unpaired) electrons. The molecular formula is C15H20N4O. The standard InChI is InChI=1S/C15H20N4O/c1-10-9-17-7-6-12(10)15-18-14(20-19-15)8-11-4-2-3-5-13(11)16/h6-7,9,11,13H,2-5,8,16H2,1H3. The van der Waals surface area contributed by atoms with E-state index in [1.165, 1.54) is 12.8 Å². The zero-order valence-corrected chi connectivity index (χ0v) is 11.7. The first-order valence-electron chi connectivity index (χ1n) is 7.23. The van der Waals surface area contributed by atoms with Gasteiger partial charge in [-0.05, 0) is 37.3 Å². The van der Waals surface area contributed by atoms with Crippen molar-refractivity contribution in [3.8, 4) is 11.4 Å². The second-order valence-corrected chi connectivity index (χ2v) is 5.61. The second-order valence-electron chi connectivity index (χ2n) is 5.61. The number of hydrogen-bond donors (Lipinski definition) is 1. The minimum atomic E-state index is 0.266. The SMILES string of the molecule is Cc1cnccc1-c1noc(CC2CCCCC2N)n1. The smallest absolute Gasteiger partial charge is 0.227 e. The van der Waals surface area contributed by atoms with E-state index in [1.54, 1.807) is 6.20 Å². The van der Waals surface area contributed by atoms with Crippen molar-refractivity contribution in [3.05, 3.63) is 29.9 Å². The highest BCUT2D eigenvalue weighted by Gasteiger charge is 2.24. The van der Waals surface area contributed by atoms with Crippen molar-refractivity contribution >= 4 is 0 Å². The van der Waals surface area contributed by atoms with Crippen molar-refractivity contribution in [2.24, 2.45) is 11.7 Å². The monoisotopic (exact) mass is 272 g/mol. The Morgan fingerprint density at radius 3 is 3.00 bits per heavy atom. The quantitative estimate of drug-likeness (QED) is 0.928. The second kappa shape index (κ2) is 5.71. The Morgan fingerprint density at radius 2 is 2.20 bits per heavy atom. The van der Waals surface area contributed by atoms with Gasteiger partial charge < -0.3 is 10.3 Å². The maximum atomic E-state index is 6.17. The lowest BCUT2D eigenvalue weighted by Crippen LogP contribution is -2.34. The lowest BCUT2D eigenvalue weighted by atomic mass is 9.83. The van der Waals surface area contributed by atoms with Gasteiger partial charge in [0, 0.05) is 30.4 Å². The van der Waals surface area contributed by atoms with Crippen molar-refractivity contribution in [1.29, 1.82) is 0 Å². The number of nitrogens with zero attached hydrogens (tertiary/aromatic N) is 3. The van der Waals surface area contributed by atoms with E-state index in [9.17, 15) is 0 Å². The van der Waals surface area contributed by atoms with Gasteiger partial charge in [0.25, 0.3) is 0 Å². The van der Waals surface area contributed by atoms with Gasteiger partial charge in [-0.2, -0.15) is 4.98 Å². The number of hydrogen-bond acceptors (Lipinski definition) is 5. The number of nitrogens with two attached hydrogens (primary N) is 1. The van der Waals surface area contributed by atoms with Crippen LogP contribution in [0.2, 0.25) is 0 Å². The Bertz CT molecular complexity index is 581. The summed E-state index contributed by atoms with van der Waals surface area (Å²) in [6.07, 6.45) is 9.10. The molecule has 0 bridgehead atoms. The Balaban J connectivity index is 1.75. The Kier molecular flexibility index (Phi) is 3.78. The number of rotatable bonds is 3. The molecule has 0 aliphatic heterocycles. The van der Waals surface area contributed by atoms with Crippen LogP contribution in [-0.2, 0) is 6.42 Å². The number of aryl methyl sites for hydroxylation is 1. The molecule has 2 unspecified atom stereocenters. The maximum Gasteiger partial charge on any atom is 0.227 e. The van der Waals surface area contributed by atoms with E-state index in [1.807, 2.05) is 19.2 Å². The highest BCUT2D eigenvalue weighted by atomic mass is 16.5. The molecule has 2 heterocycles. The largest absolute Gasteiger partial charge is 0.339 e. The third-order valence-corrected chi connectivity index (χ3v) is 4.13. The molecule has 1 aliphatic rings. The van der Waals surface area contributed by atoms with Crippen molar-refractivity contribution in [3.63, 3.8) is 0 Å². The minimum absolute atomic E-state index is 0.266. The molecule has 1 aliphatic carbocycles. The van der Waals surface area contributed by atoms with E-state index in [2.05, 4.69) is 15.1 Å². The molecule has 0 aromatic carbocycles. The first-order valence-corrected chi connectivity index (χ1v) is 7.23. The van der Waals surface area contributed by atoms with Crippen LogP contribution in [-0.4, -0.2) is 21.2 Å². The topological polar surface area (TPSA) is 77.8 Å². The lowest BCUT2D eigenvalue weighted by molar-refractivity contribution is 0.273. The third-order valence-electron chi connectivity index (χ3n) is 4.13. The van der Waals surface area contributed by atoms with Gasteiger partial charge >= 0.3 is 0 Å². The van der Waals surface area contributed by atoms with Gasteiger partial charge in [-0.1, -0.05) is 18.0 Å². The maximum absolute atomic E-state index is 6.17. The Hall–Kier alpha value is -1.75. The summed E-state index contributed by atoms with van der Waals surface area (Å²) in [5.41, 5.74) is 8.20. The highest BCUT2D eigenvalue weighted by molar-refractivity contribution is 5.57. The first-order chi connectivity index (χ1) is 9.74. The van der Waals surface area contributed by atoms with Crippen molar-refractivity contribution in [1.82, 2.24) is 15.1 Å². The molecule has 20 heavy (non-hydrogen) atoms. The normalized spacial score (nSPS) is 22.9. The third kappa shape index (κ3) is 2.72. The van der Waals surface area contributed by atoms with Crippen LogP contribution in [0.1, 0.15) is 37.1 Å². The van der Waals surface area contributed by atoms with Gasteiger partial charge in [0.05, 0.1) is 0 Å². The van der Waals surface area contributed by atoms with Crippen molar-refractivity contribution < 1.29 is 4.52 Å². The molecule has 106 valence electrons. The molecule has 0 saturated heterocycles. The fourth-order valence-electron chi connectivity index (χ4n) is 2.89. The molecule has 2 aromatic heterocycles. The summed E-state index contributed by atoms with van der Waals surface area (Å²) < 4.78 is 5.39. The molecule has 3 rings (SSSR count). The van der Waals surface area contributed by atoms with Gasteiger partial charge in [-0.15, -0.1) is 0 Å². The molecule has 0 amide bonds. The van der Waals surface area contributed by atoms with E-state index in [0.717, 1.165) is 30.4 Å². The predicted octanol–water partition coefficient (Wildman–Crippen LogP) is 2.50. The van der Waals surface area contributed by atoms with E-state index < -0.39 is 0 Å². The fraction of sp³-hybridized carbons (Fsp3) is 0.533. The van der Waals surface area contributed by atoms with Crippen LogP contribution in [0, 0.1) is 12.8 Å². The minimum Gasteiger partial charge on any atom is -0.339 e. The van der Waals surface area contributed by atoms with Crippen LogP contribution < -0.4 is 5.73 Å². The molecule has 1 saturated carbocycles. The van der Waals surface area contributed by atoms with Crippen LogP contribution in [0.3, 0.4) is 0 Å². The molecule has 2 N–H and O–H groups in total. The lowest BCUT2D eigenvalue weighted by Gasteiger charge is -2.27. The molecule has 5 heteroatoms. The molecule has 2 aromatic rings. The van der Waals surface area contributed by atoms with E-state index in [0.29, 0.717) is 17.6 Å². The zero-order chi connectivity index (χ0) is 13.9. The van der Waals surface area contributed by atoms with Gasteiger partial charge in [0.15, 0.2) is 0 Å². The predicted molar refractivity (Wildman–Crippen MR) is 75.9 cm³/mol. The van der Waals surface area contributed by atoms with E-state index in [4.69, 9.17) is 10.3 Å². The average Bonchev–Trinajstić information content (AvgIpc) is 2.90. The van der Waals surface area contributed by atoms with Gasteiger partial charge in [-0.3, -0.25) is 4.98 Å². The molecule has 0 spiro atoms. The van der Waals surface area contributed by atoms with Gasteiger partial charge in [0.1, 0.15) is 0 Å². The Morgan fingerprint density at radius 1 is 1.35 bits per heavy atom. The number of pyridine rings is 1. The van der Waals surface area contributed by atoms with Crippen molar-refractivity contribution in [2.45, 2.75) is 45.1 Å². The van der Waals surface area contributed by atoms with Crippen LogP contribution in [0.25, 0.3) is 11.4 Å². The van der Waals surface area contributed by atoms with Crippen LogP contribution >= 0.6 is 0 Å². The fourth-order valence-corrected chi connectivity index (χ4v) is 2.89. The molecule has 2 atom stereocenters. The summed E-state index contributed by atoms with van der Waals surface area (Å²) in [5.74, 6) is 1.80. The summed E-state index contributed by atoms with van der Waals surface area (Å²) >= 11 is 0. The summed E-state index contributed by atoms with van der Waals surface area (Å²) in [5, 5.41) is 4.08. The van der Waals surface area contributed by atoms with Gasteiger partial charge in [0.2, 0.25) is 11.7 Å². The Labute approximate surface area is 118 Å². The summed E-state index contributed by atoms with van der Waals surface area (Å²) in [7, 11) is 0. The van der Waals surface area contributed by atoms with E-state index >= 15 is 0 Å². The van der Waals surface area contributed by atoms with Gasteiger partial charge in [-0.25, -0.2) is 0 Å². The summed E-state index contributed by atoms with van der Waals surface area (Å²) in [6.45, 7) is 2.00. The molecular weight excluding hydrogens is 252 g/mol. The molecule has 5 nitrogen and oxygen atoms in total. The average molecular weight is 272 g/mol. The first kappa shape index (κ1) is 13.2. The van der Waals surface area contributed by atoms with Crippen LogP contribution in [0.5, 0.6) is 0 Å². The van der Waals surface area contributed by atoms with E-state index in [-0.39, 0.29) is 6.04 Å². The highest BCUT2D eigenvalue weighted by Crippen LogP contribution is 2.27.